The highest BCUT2D eigenvalue weighted by molar-refractivity contribution is 9.11. The zero-order chi connectivity index (χ0) is 11.6. The SMILES string of the molecule is CCNC(c1ccc(Br)s1)C1(C)CCCC1. The Bertz CT molecular complexity index is 341. The van der Waals surface area contributed by atoms with Crippen molar-refractivity contribution in [2.24, 2.45) is 5.41 Å². The normalized spacial score (nSPS) is 21.2. The molecule has 0 aromatic carbocycles. The van der Waals surface area contributed by atoms with Crippen LogP contribution in [0.1, 0.15) is 50.4 Å². The molecular formula is C13H20BrNS. The maximum atomic E-state index is 3.68. The maximum absolute atomic E-state index is 3.68. The predicted octanol–water partition coefficient (Wildman–Crippen LogP) is 4.74. The first-order valence-corrected chi connectivity index (χ1v) is 7.75. The van der Waals surface area contributed by atoms with E-state index in [0.717, 1.165) is 6.54 Å². The van der Waals surface area contributed by atoms with Gasteiger partial charge in [0, 0.05) is 10.9 Å². The summed E-state index contributed by atoms with van der Waals surface area (Å²) in [6.07, 6.45) is 5.51. The molecule has 1 aromatic rings. The van der Waals surface area contributed by atoms with Gasteiger partial charge in [-0.25, -0.2) is 0 Å². The van der Waals surface area contributed by atoms with Crippen LogP contribution in [0.25, 0.3) is 0 Å². The predicted molar refractivity (Wildman–Crippen MR) is 75.0 cm³/mol. The van der Waals surface area contributed by atoms with Gasteiger partial charge in [-0.1, -0.05) is 26.7 Å². The Balaban J connectivity index is 2.22. The van der Waals surface area contributed by atoms with Crippen molar-refractivity contribution in [1.82, 2.24) is 5.32 Å². The monoisotopic (exact) mass is 301 g/mol. The lowest BCUT2D eigenvalue weighted by atomic mass is 9.80. The van der Waals surface area contributed by atoms with E-state index in [0.29, 0.717) is 11.5 Å². The number of hydrogen-bond donors (Lipinski definition) is 1. The standard InChI is InChI=1S/C13H20BrNS/c1-3-15-12(10-6-7-11(14)16-10)13(2)8-4-5-9-13/h6-7,12,15H,3-5,8-9H2,1-2H3. The molecule has 16 heavy (non-hydrogen) atoms. The molecule has 3 heteroatoms. The Kier molecular flexibility index (Phi) is 4.09. The Morgan fingerprint density at radius 3 is 2.62 bits per heavy atom. The quantitative estimate of drug-likeness (QED) is 0.847. The van der Waals surface area contributed by atoms with E-state index < -0.39 is 0 Å². The van der Waals surface area contributed by atoms with Gasteiger partial charge in [-0.2, -0.15) is 0 Å². The molecule has 1 fully saturated rings. The summed E-state index contributed by atoms with van der Waals surface area (Å²) >= 11 is 5.44. The Hall–Kier alpha value is 0.140. The Labute approximate surface area is 111 Å². The molecule has 1 heterocycles. The average Bonchev–Trinajstić information content (AvgIpc) is 2.85. The summed E-state index contributed by atoms with van der Waals surface area (Å²) in [6.45, 7) is 5.70. The minimum Gasteiger partial charge on any atom is -0.309 e. The molecule has 0 bridgehead atoms. The van der Waals surface area contributed by atoms with Crippen LogP contribution in [0.2, 0.25) is 0 Å². The fraction of sp³-hybridized carbons (Fsp3) is 0.692. The van der Waals surface area contributed by atoms with Gasteiger partial charge in [0.2, 0.25) is 0 Å². The topological polar surface area (TPSA) is 12.0 Å². The summed E-state index contributed by atoms with van der Waals surface area (Å²) < 4.78 is 1.24. The van der Waals surface area contributed by atoms with Crippen LogP contribution in [0.4, 0.5) is 0 Å². The van der Waals surface area contributed by atoms with Crippen LogP contribution in [-0.2, 0) is 0 Å². The molecular weight excluding hydrogens is 282 g/mol. The first-order chi connectivity index (χ1) is 7.65. The van der Waals surface area contributed by atoms with Gasteiger partial charge in [0.1, 0.15) is 0 Å². The Morgan fingerprint density at radius 2 is 2.12 bits per heavy atom. The molecule has 1 N–H and O–H groups in total. The van der Waals surface area contributed by atoms with Crippen molar-refractivity contribution < 1.29 is 0 Å². The molecule has 1 aromatic heterocycles. The van der Waals surface area contributed by atoms with Crippen LogP contribution >= 0.6 is 27.3 Å². The lowest BCUT2D eigenvalue weighted by Crippen LogP contribution is -2.33. The molecule has 0 spiro atoms. The van der Waals surface area contributed by atoms with Crippen molar-refractivity contribution in [2.45, 2.75) is 45.6 Å². The Morgan fingerprint density at radius 1 is 1.44 bits per heavy atom. The van der Waals surface area contributed by atoms with E-state index in [1.807, 2.05) is 11.3 Å². The molecule has 0 amide bonds. The zero-order valence-electron chi connectivity index (χ0n) is 10.1. The molecule has 1 nitrogen and oxygen atoms in total. The zero-order valence-corrected chi connectivity index (χ0v) is 12.5. The minimum absolute atomic E-state index is 0.459. The van der Waals surface area contributed by atoms with E-state index in [-0.39, 0.29) is 0 Å². The van der Waals surface area contributed by atoms with E-state index in [1.54, 1.807) is 0 Å². The number of rotatable bonds is 4. The molecule has 1 unspecified atom stereocenters. The third-order valence-electron chi connectivity index (χ3n) is 3.73. The minimum atomic E-state index is 0.459. The summed E-state index contributed by atoms with van der Waals surface area (Å²) in [6, 6.07) is 4.98. The van der Waals surface area contributed by atoms with Crippen LogP contribution in [-0.4, -0.2) is 6.54 Å². The number of hydrogen-bond acceptors (Lipinski definition) is 2. The first-order valence-electron chi connectivity index (χ1n) is 6.14. The van der Waals surface area contributed by atoms with Crippen LogP contribution < -0.4 is 5.32 Å². The van der Waals surface area contributed by atoms with Gasteiger partial charge in [-0.15, -0.1) is 11.3 Å². The van der Waals surface area contributed by atoms with Crippen LogP contribution in [0, 0.1) is 5.41 Å². The first kappa shape index (κ1) is 12.6. The van der Waals surface area contributed by atoms with Crippen molar-refractivity contribution in [2.75, 3.05) is 6.54 Å². The van der Waals surface area contributed by atoms with Crippen molar-refractivity contribution in [3.8, 4) is 0 Å². The fourth-order valence-corrected chi connectivity index (χ4v) is 4.53. The second-order valence-corrected chi connectivity index (χ2v) is 7.49. The summed E-state index contributed by atoms with van der Waals surface area (Å²) in [5.74, 6) is 0. The van der Waals surface area contributed by atoms with E-state index in [9.17, 15) is 0 Å². The van der Waals surface area contributed by atoms with Crippen LogP contribution in [0.5, 0.6) is 0 Å². The smallest absolute Gasteiger partial charge is 0.0701 e. The number of halogens is 1. The summed E-state index contributed by atoms with van der Waals surface area (Å²) in [5.41, 5.74) is 0.459. The number of thiophene rings is 1. The number of nitrogens with one attached hydrogen (secondary N) is 1. The van der Waals surface area contributed by atoms with Gasteiger partial charge in [0.05, 0.1) is 3.79 Å². The fourth-order valence-electron chi connectivity index (χ4n) is 2.85. The highest BCUT2D eigenvalue weighted by Crippen LogP contribution is 2.48. The van der Waals surface area contributed by atoms with Crippen molar-refractivity contribution in [3.63, 3.8) is 0 Å². The van der Waals surface area contributed by atoms with Gasteiger partial charge >= 0.3 is 0 Å². The highest BCUT2D eigenvalue weighted by atomic mass is 79.9. The average molecular weight is 302 g/mol. The van der Waals surface area contributed by atoms with Crippen LogP contribution in [0.15, 0.2) is 15.9 Å². The summed E-state index contributed by atoms with van der Waals surface area (Å²) in [5, 5.41) is 3.68. The molecule has 90 valence electrons. The van der Waals surface area contributed by atoms with E-state index in [1.165, 1.54) is 34.3 Å². The van der Waals surface area contributed by atoms with Gasteiger partial charge in [0.25, 0.3) is 0 Å². The van der Waals surface area contributed by atoms with Crippen molar-refractivity contribution in [1.29, 1.82) is 0 Å². The molecule has 1 atom stereocenters. The van der Waals surface area contributed by atoms with E-state index >= 15 is 0 Å². The molecule has 0 radical (unpaired) electrons. The third kappa shape index (κ3) is 2.52. The molecule has 1 saturated carbocycles. The van der Waals surface area contributed by atoms with Crippen LogP contribution in [0.3, 0.4) is 0 Å². The second kappa shape index (κ2) is 5.19. The van der Waals surface area contributed by atoms with Gasteiger partial charge < -0.3 is 5.32 Å². The highest BCUT2D eigenvalue weighted by Gasteiger charge is 2.37. The van der Waals surface area contributed by atoms with E-state index in [4.69, 9.17) is 0 Å². The lowest BCUT2D eigenvalue weighted by molar-refractivity contribution is 0.229. The summed E-state index contributed by atoms with van der Waals surface area (Å²) in [4.78, 5) is 1.48. The lowest BCUT2D eigenvalue weighted by Gasteiger charge is -2.34. The summed E-state index contributed by atoms with van der Waals surface area (Å²) in [7, 11) is 0. The van der Waals surface area contributed by atoms with Crippen molar-refractivity contribution >= 4 is 27.3 Å². The van der Waals surface area contributed by atoms with Gasteiger partial charge in [-0.3, -0.25) is 0 Å². The maximum Gasteiger partial charge on any atom is 0.0701 e. The van der Waals surface area contributed by atoms with Crippen molar-refractivity contribution in [3.05, 3.63) is 20.8 Å². The third-order valence-corrected chi connectivity index (χ3v) is 5.42. The van der Waals surface area contributed by atoms with E-state index in [2.05, 4.69) is 47.2 Å². The van der Waals surface area contributed by atoms with Gasteiger partial charge in [-0.05, 0) is 52.9 Å². The molecule has 2 rings (SSSR count). The molecule has 0 saturated heterocycles. The second-order valence-electron chi connectivity index (χ2n) is 4.99. The molecule has 1 aliphatic carbocycles. The molecule has 0 aliphatic heterocycles. The largest absolute Gasteiger partial charge is 0.309 e. The van der Waals surface area contributed by atoms with Gasteiger partial charge in [0.15, 0.2) is 0 Å². The molecule has 1 aliphatic rings.